The Morgan fingerprint density at radius 3 is 2.85 bits per heavy atom. The Bertz CT molecular complexity index is 207. The van der Waals surface area contributed by atoms with Gasteiger partial charge in [-0.25, -0.2) is 0 Å². The summed E-state index contributed by atoms with van der Waals surface area (Å²) < 4.78 is 0. The molecule has 0 saturated heterocycles. The van der Waals surface area contributed by atoms with Gasteiger partial charge in [-0.05, 0) is 37.0 Å². The van der Waals surface area contributed by atoms with E-state index in [1.165, 1.54) is 19.3 Å². The molecule has 74 valence electrons. The lowest BCUT2D eigenvalue weighted by molar-refractivity contribution is -0.121. The maximum absolute atomic E-state index is 11.7. The molecule has 0 aromatic rings. The average molecular weight is 180 g/mol. The van der Waals surface area contributed by atoms with Crippen molar-refractivity contribution in [3.05, 3.63) is 0 Å². The summed E-state index contributed by atoms with van der Waals surface area (Å²) in [5.41, 5.74) is 0. The molecular formula is C12H20O. The van der Waals surface area contributed by atoms with Crippen molar-refractivity contribution in [2.24, 2.45) is 23.7 Å². The second-order valence-electron chi connectivity index (χ2n) is 5.26. The van der Waals surface area contributed by atoms with Crippen LogP contribution >= 0.6 is 0 Å². The van der Waals surface area contributed by atoms with Crippen LogP contribution in [0.4, 0.5) is 0 Å². The van der Waals surface area contributed by atoms with E-state index in [-0.39, 0.29) is 0 Å². The summed E-state index contributed by atoms with van der Waals surface area (Å²) in [6.07, 6.45) is 6.07. The van der Waals surface area contributed by atoms with Gasteiger partial charge in [-0.2, -0.15) is 0 Å². The Morgan fingerprint density at radius 1 is 1.38 bits per heavy atom. The van der Waals surface area contributed by atoms with Crippen molar-refractivity contribution in [1.29, 1.82) is 0 Å². The highest BCUT2D eigenvalue weighted by molar-refractivity contribution is 5.84. The van der Waals surface area contributed by atoms with E-state index in [1.807, 2.05) is 0 Å². The van der Waals surface area contributed by atoms with Crippen LogP contribution in [-0.2, 0) is 4.79 Å². The summed E-state index contributed by atoms with van der Waals surface area (Å²) >= 11 is 0. The van der Waals surface area contributed by atoms with Crippen molar-refractivity contribution < 1.29 is 4.79 Å². The second kappa shape index (κ2) is 3.43. The van der Waals surface area contributed by atoms with Crippen LogP contribution in [0.5, 0.6) is 0 Å². The predicted octanol–water partition coefficient (Wildman–Crippen LogP) is 3.04. The molecule has 2 saturated carbocycles. The maximum Gasteiger partial charge on any atom is 0.136 e. The quantitative estimate of drug-likeness (QED) is 0.638. The molecule has 0 spiro atoms. The number of hydrogen-bond donors (Lipinski definition) is 0. The lowest BCUT2D eigenvalue weighted by Crippen LogP contribution is -2.16. The molecule has 1 nitrogen and oxygen atoms in total. The molecule has 3 unspecified atom stereocenters. The number of ketones is 1. The standard InChI is InChI=1S/C12H20O/c1-8(2)6-11-10-5-3-4-9(10)7-12(11)13/h8-11H,3-7H2,1-2H3. The Kier molecular flexibility index (Phi) is 2.44. The molecule has 2 fully saturated rings. The van der Waals surface area contributed by atoms with E-state index in [0.29, 0.717) is 17.6 Å². The lowest BCUT2D eigenvalue weighted by atomic mass is 9.85. The average Bonchev–Trinajstić information content (AvgIpc) is 2.55. The molecule has 0 aliphatic heterocycles. The Labute approximate surface area is 80.9 Å². The summed E-state index contributed by atoms with van der Waals surface area (Å²) in [5, 5.41) is 0. The van der Waals surface area contributed by atoms with Gasteiger partial charge in [0.15, 0.2) is 0 Å². The molecule has 0 aromatic carbocycles. The maximum atomic E-state index is 11.7. The fourth-order valence-electron chi connectivity index (χ4n) is 3.31. The van der Waals surface area contributed by atoms with Gasteiger partial charge in [-0.15, -0.1) is 0 Å². The number of carbonyl (C=O) groups excluding carboxylic acids is 1. The molecule has 0 heterocycles. The van der Waals surface area contributed by atoms with E-state index in [4.69, 9.17) is 0 Å². The van der Waals surface area contributed by atoms with Crippen LogP contribution in [0.2, 0.25) is 0 Å². The van der Waals surface area contributed by atoms with E-state index in [1.54, 1.807) is 0 Å². The minimum atomic E-state index is 0.438. The second-order valence-corrected chi connectivity index (χ2v) is 5.26. The van der Waals surface area contributed by atoms with Gasteiger partial charge in [-0.1, -0.05) is 20.3 Å². The van der Waals surface area contributed by atoms with Crippen molar-refractivity contribution in [2.45, 2.75) is 46.0 Å². The minimum absolute atomic E-state index is 0.438. The molecule has 0 radical (unpaired) electrons. The van der Waals surface area contributed by atoms with Crippen LogP contribution in [0.3, 0.4) is 0 Å². The summed E-state index contributed by atoms with van der Waals surface area (Å²) in [4.78, 5) is 11.7. The summed E-state index contributed by atoms with van der Waals surface area (Å²) in [5.74, 6) is 3.25. The van der Waals surface area contributed by atoms with Crippen LogP contribution < -0.4 is 0 Å². The number of carbonyl (C=O) groups is 1. The molecule has 2 aliphatic carbocycles. The zero-order chi connectivity index (χ0) is 9.42. The Hall–Kier alpha value is -0.330. The van der Waals surface area contributed by atoms with E-state index in [0.717, 1.165) is 24.7 Å². The minimum Gasteiger partial charge on any atom is -0.299 e. The third-order valence-electron chi connectivity index (χ3n) is 3.84. The van der Waals surface area contributed by atoms with Crippen molar-refractivity contribution in [2.75, 3.05) is 0 Å². The van der Waals surface area contributed by atoms with E-state index < -0.39 is 0 Å². The van der Waals surface area contributed by atoms with Crippen molar-refractivity contribution in [3.8, 4) is 0 Å². The fourth-order valence-corrected chi connectivity index (χ4v) is 3.31. The first kappa shape index (κ1) is 9.23. The van der Waals surface area contributed by atoms with Crippen LogP contribution in [0.25, 0.3) is 0 Å². The van der Waals surface area contributed by atoms with Gasteiger partial charge in [0.1, 0.15) is 5.78 Å². The largest absolute Gasteiger partial charge is 0.299 e. The van der Waals surface area contributed by atoms with Crippen LogP contribution in [0, 0.1) is 23.7 Å². The molecule has 1 heteroatoms. The molecule has 0 bridgehead atoms. The zero-order valence-corrected chi connectivity index (χ0v) is 8.75. The van der Waals surface area contributed by atoms with Gasteiger partial charge in [-0.3, -0.25) is 4.79 Å². The highest BCUT2D eigenvalue weighted by atomic mass is 16.1. The molecule has 3 atom stereocenters. The summed E-state index contributed by atoms with van der Waals surface area (Å²) in [6, 6.07) is 0. The van der Waals surface area contributed by atoms with Crippen LogP contribution in [0.15, 0.2) is 0 Å². The number of rotatable bonds is 2. The first-order valence-corrected chi connectivity index (χ1v) is 5.71. The van der Waals surface area contributed by atoms with Gasteiger partial charge in [0, 0.05) is 12.3 Å². The van der Waals surface area contributed by atoms with Gasteiger partial charge in [0.05, 0.1) is 0 Å². The van der Waals surface area contributed by atoms with Gasteiger partial charge >= 0.3 is 0 Å². The molecule has 13 heavy (non-hydrogen) atoms. The lowest BCUT2D eigenvalue weighted by Gasteiger charge is -2.18. The Morgan fingerprint density at radius 2 is 2.15 bits per heavy atom. The first-order chi connectivity index (χ1) is 6.18. The molecule has 0 N–H and O–H groups in total. The topological polar surface area (TPSA) is 17.1 Å². The van der Waals surface area contributed by atoms with Crippen LogP contribution in [0.1, 0.15) is 46.0 Å². The highest BCUT2D eigenvalue weighted by Gasteiger charge is 2.44. The Balaban J connectivity index is 2.04. The zero-order valence-electron chi connectivity index (χ0n) is 8.75. The third-order valence-corrected chi connectivity index (χ3v) is 3.84. The first-order valence-electron chi connectivity index (χ1n) is 5.71. The smallest absolute Gasteiger partial charge is 0.136 e. The normalized spacial score (nSPS) is 38.7. The summed E-state index contributed by atoms with van der Waals surface area (Å²) in [6.45, 7) is 4.46. The van der Waals surface area contributed by atoms with E-state index in [2.05, 4.69) is 13.8 Å². The fraction of sp³-hybridized carbons (Fsp3) is 0.917. The molecular weight excluding hydrogens is 160 g/mol. The molecule has 2 aliphatic rings. The number of hydrogen-bond acceptors (Lipinski definition) is 1. The number of fused-ring (bicyclic) bond motifs is 1. The van der Waals surface area contributed by atoms with Gasteiger partial charge < -0.3 is 0 Å². The SMILES string of the molecule is CC(C)CC1C(=O)CC2CCCC21. The van der Waals surface area contributed by atoms with Crippen molar-refractivity contribution in [1.82, 2.24) is 0 Å². The molecule has 0 aromatic heterocycles. The van der Waals surface area contributed by atoms with Crippen molar-refractivity contribution in [3.63, 3.8) is 0 Å². The van der Waals surface area contributed by atoms with Gasteiger partial charge in [0.2, 0.25) is 0 Å². The predicted molar refractivity (Wildman–Crippen MR) is 53.4 cm³/mol. The monoisotopic (exact) mass is 180 g/mol. The summed E-state index contributed by atoms with van der Waals surface area (Å²) in [7, 11) is 0. The van der Waals surface area contributed by atoms with Crippen molar-refractivity contribution >= 4 is 5.78 Å². The highest BCUT2D eigenvalue weighted by Crippen LogP contribution is 2.47. The van der Waals surface area contributed by atoms with E-state index in [9.17, 15) is 4.79 Å². The van der Waals surface area contributed by atoms with Gasteiger partial charge in [0.25, 0.3) is 0 Å². The van der Waals surface area contributed by atoms with E-state index >= 15 is 0 Å². The molecule has 2 rings (SSSR count). The van der Waals surface area contributed by atoms with Crippen LogP contribution in [-0.4, -0.2) is 5.78 Å². The molecule has 0 amide bonds. The third kappa shape index (κ3) is 1.66. The number of Topliss-reactive ketones (excluding diaryl/α,β-unsaturated/α-hetero) is 1.